The summed E-state index contributed by atoms with van der Waals surface area (Å²) in [6.45, 7) is 3.47. The number of aliphatic hydroxyl groups is 1. The summed E-state index contributed by atoms with van der Waals surface area (Å²) >= 11 is 0. The van der Waals surface area contributed by atoms with E-state index >= 15 is 0 Å². The summed E-state index contributed by atoms with van der Waals surface area (Å²) in [6.07, 6.45) is 10.0. The first-order valence-electron chi connectivity index (χ1n) is 8.95. The van der Waals surface area contributed by atoms with E-state index in [0.717, 1.165) is 36.1 Å². The average molecular weight is 315 g/mol. The summed E-state index contributed by atoms with van der Waals surface area (Å²) < 4.78 is 5.15. The monoisotopic (exact) mass is 315 g/mol. The van der Waals surface area contributed by atoms with Crippen LogP contribution in [0.4, 0.5) is 0 Å². The van der Waals surface area contributed by atoms with Crippen molar-refractivity contribution >= 4 is 6.08 Å². The standard InChI is InChI=1S/C20H29NO2/c1-23-20-8-5-16(6-9-20)4-7-19(22)11-13-21-12-10-17-2-3-18(14-17)15-21/h4-9,17-19,22H,2-3,10-15H2,1H3/b7-4+/t17-,18-,19+/m0/s1. The van der Waals surface area contributed by atoms with Gasteiger partial charge in [-0.25, -0.2) is 0 Å². The predicted octanol–water partition coefficient (Wildman–Crippen LogP) is 3.58. The molecule has 1 aromatic rings. The number of benzene rings is 1. The molecule has 1 aliphatic carbocycles. The van der Waals surface area contributed by atoms with Gasteiger partial charge in [-0.1, -0.05) is 30.7 Å². The van der Waals surface area contributed by atoms with Crippen molar-refractivity contribution < 1.29 is 9.84 Å². The molecule has 3 atom stereocenters. The highest BCUT2D eigenvalue weighted by atomic mass is 16.5. The molecule has 2 fully saturated rings. The van der Waals surface area contributed by atoms with Crippen molar-refractivity contribution in [2.45, 2.75) is 38.2 Å². The highest BCUT2D eigenvalue weighted by Gasteiger charge is 2.29. The third-order valence-electron chi connectivity index (χ3n) is 5.39. The van der Waals surface area contributed by atoms with Gasteiger partial charge in [0.15, 0.2) is 0 Å². The number of hydrogen-bond acceptors (Lipinski definition) is 3. The van der Waals surface area contributed by atoms with Gasteiger partial charge in [0.1, 0.15) is 5.75 Å². The Balaban J connectivity index is 1.43. The normalized spacial score (nSPS) is 26.3. The number of hydrogen-bond donors (Lipinski definition) is 1. The van der Waals surface area contributed by atoms with Gasteiger partial charge in [-0.3, -0.25) is 0 Å². The maximum Gasteiger partial charge on any atom is 0.118 e. The lowest BCUT2D eigenvalue weighted by molar-refractivity contribution is 0.168. The zero-order chi connectivity index (χ0) is 16.1. The second-order valence-electron chi connectivity index (χ2n) is 7.12. The van der Waals surface area contributed by atoms with Gasteiger partial charge >= 0.3 is 0 Å². The Labute approximate surface area is 140 Å². The van der Waals surface area contributed by atoms with Gasteiger partial charge in [-0.05, 0) is 61.8 Å². The summed E-state index contributed by atoms with van der Waals surface area (Å²) in [6, 6.07) is 7.90. The summed E-state index contributed by atoms with van der Waals surface area (Å²) in [5.41, 5.74) is 1.09. The van der Waals surface area contributed by atoms with Crippen LogP contribution in [0.25, 0.3) is 6.08 Å². The van der Waals surface area contributed by atoms with Crippen LogP contribution < -0.4 is 4.74 Å². The average Bonchev–Trinajstić information content (AvgIpc) is 2.92. The largest absolute Gasteiger partial charge is 0.497 e. The van der Waals surface area contributed by atoms with Gasteiger partial charge in [0, 0.05) is 13.1 Å². The molecule has 2 bridgehead atoms. The fourth-order valence-electron chi connectivity index (χ4n) is 3.98. The summed E-state index contributed by atoms with van der Waals surface area (Å²) in [5.74, 6) is 2.75. The molecule has 1 aliphatic heterocycles. The molecule has 1 N–H and O–H groups in total. The molecule has 0 spiro atoms. The van der Waals surface area contributed by atoms with Crippen LogP contribution in [0.15, 0.2) is 30.3 Å². The Bertz CT molecular complexity index is 511. The molecule has 2 aliphatic rings. The van der Waals surface area contributed by atoms with E-state index in [0.29, 0.717) is 0 Å². The molecule has 1 saturated heterocycles. The molecule has 0 radical (unpaired) electrons. The summed E-state index contributed by atoms with van der Waals surface area (Å²) in [4.78, 5) is 2.56. The minimum absolute atomic E-state index is 0.363. The molecular formula is C20H29NO2. The number of nitrogens with zero attached hydrogens (tertiary/aromatic N) is 1. The van der Waals surface area contributed by atoms with Crippen LogP contribution in [-0.4, -0.2) is 42.9 Å². The summed E-state index contributed by atoms with van der Waals surface area (Å²) in [7, 11) is 1.67. The highest BCUT2D eigenvalue weighted by Crippen LogP contribution is 2.36. The number of fused-ring (bicyclic) bond motifs is 2. The molecule has 1 heterocycles. The fourth-order valence-corrected chi connectivity index (χ4v) is 3.98. The van der Waals surface area contributed by atoms with E-state index in [-0.39, 0.29) is 6.10 Å². The molecule has 3 rings (SSSR count). The smallest absolute Gasteiger partial charge is 0.118 e. The molecule has 126 valence electrons. The van der Waals surface area contributed by atoms with Gasteiger partial charge in [0.2, 0.25) is 0 Å². The molecule has 23 heavy (non-hydrogen) atoms. The van der Waals surface area contributed by atoms with Crippen molar-refractivity contribution in [3.63, 3.8) is 0 Å². The lowest BCUT2D eigenvalue weighted by Crippen LogP contribution is -2.31. The Morgan fingerprint density at radius 3 is 2.78 bits per heavy atom. The van der Waals surface area contributed by atoms with Crippen molar-refractivity contribution in [1.29, 1.82) is 0 Å². The van der Waals surface area contributed by atoms with E-state index in [2.05, 4.69) is 4.90 Å². The molecule has 1 saturated carbocycles. The minimum atomic E-state index is -0.363. The SMILES string of the molecule is COc1ccc(/C=C/[C@@H](O)CCN2CC[C@@H]3CC[C@@H](C3)C2)cc1. The van der Waals surface area contributed by atoms with E-state index in [1.807, 2.05) is 36.4 Å². The molecule has 0 unspecified atom stereocenters. The van der Waals surface area contributed by atoms with Crippen molar-refractivity contribution in [3.05, 3.63) is 35.9 Å². The third kappa shape index (κ3) is 4.82. The van der Waals surface area contributed by atoms with Gasteiger partial charge in [-0.2, -0.15) is 0 Å². The van der Waals surface area contributed by atoms with Crippen molar-refractivity contribution in [2.24, 2.45) is 11.8 Å². The van der Waals surface area contributed by atoms with Crippen LogP contribution in [-0.2, 0) is 0 Å². The Hall–Kier alpha value is -1.32. The van der Waals surface area contributed by atoms with E-state index < -0.39 is 0 Å². The first-order chi connectivity index (χ1) is 11.2. The number of aliphatic hydroxyl groups excluding tert-OH is 1. The van der Waals surface area contributed by atoms with E-state index in [4.69, 9.17) is 4.74 Å². The van der Waals surface area contributed by atoms with Crippen LogP contribution in [0.1, 0.15) is 37.7 Å². The van der Waals surface area contributed by atoms with Crippen molar-refractivity contribution in [3.8, 4) is 5.75 Å². The molecular weight excluding hydrogens is 286 g/mol. The Morgan fingerprint density at radius 2 is 2.00 bits per heavy atom. The van der Waals surface area contributed by atoms with E-state index in [1.54, 1.807) is 7.11 Å². The molecule has 3 heteroatoms. The number of methoxy groups -OCH3 is 1. The molecule has 0 aromatic heterocycles. The predicted molar refractivity (Wildman–Crippen MR) is 94.5 cm³/mol. The quantitative estimate of drug-likeness (QED) is 0.871. The second kappa shape index (κ2) is 7.98. The lowest BCUT2D eigenvalue weighted by atomic mass is 10.0. The topological polar surface area (TPSA) is 32.7 Å². The molecule has 0 amide bonds. The zero-order valence-electron chi connectivity index (χ0n) is 14.2. The van der Waals surface area contributed by atoms with Crippen LogP contribution in [0.3, 0.4) is 0 Å². The van der Waals surface area contributed by atoms with E-state index in [9.17, 15) is 5.11 Å². The van der Waals surface area contributed by atoms with Crippen LogP contribution in [0, 0.1) is 11.8 Å². The third-order valence-corrected chi connectivity index (χ3v) is 5.39. The maximum absolute atomic E-state index is 10.2. The zero-order valence-corrected chi connectivity index (χ0v) is 14.2. The number of likely N-dealkylation sites (tertiary alicyclic amines) is 1. The second-order valence-corrected chi connectivity index (χ2v) is 7.12. The number of rotatable bonds is 6. The van der Waals surface area contributed by atoms with Crippen molar-refractivity contribution in [1.82, 2.24) is 4.90 Å². The molecule has 3 nitrogen and oxygen atoms in total. The Kier molecular flexibility index (Phi) is 5.74. The van der Waals surface area contributed by atoms with Crippen molar-refractivity contribution in [2.75, 3.05) is 26.7 Å². The van der Waals surface area contributed by atoms with Gasteiger partial charge in [0.05, 0.1) is 13.2 Å². The fraction of sp³-hybridized carbons (Fsp3) is 0.600. The number of ether oxygens (including phenoxy) is 1. The van der Waals surface area contributed by atoms with Crippen LogP contribution in [0.5, 0.6) is 5.75 Å². The highest BCUT2D eigenvalue weighted by molar-refractivity contribution is 5.51. The lowest BCUT2D eigenvalue weighted by Gasteiger charge is -2.25. The van der Waals surface area contributed by atoms with Gasteiger partial charge < -0.3 is 14.7 Å². The Morgan fingerprint density at radius 1 is 1.22 bits per heavy atom. The van der Waals surface area contributed by atoms with Crippen LogP contribution in [0.2, 0.25) is 0 Å². The summed E-state index contributed by atoms with van der Waals surface area (Å²) in [5, 5.41) is 10.2. The minimum Gasteiger partial charge on any atom is -0.497 e. The van der Waals surface area contributed by atoms with Gasteiger partial charge in [-0.15, -0.1) is 0 Å². The maximum atomic E-state index is 10.2. The molecule has 1 aromatic carbocycles. The van der Waals surface area contributed by atoms with Gasteiger partial charge in [0.25, 0.3) is 0 Å². The van der Waals surface area contributed by atoms with E-state index in [1.165, 1.54) is 38.8 Å². The first-order valence-corrected chi connectivity index (χ1v) is 8.95. The first kappa shape index (κ1) is 16.5. The van der Waals surface area contributed by atoms with Crippen LogP contribution >= 0.6 is 0 Å².